The third kappa shape index (κ3) is 13.9. The first-order valence-electron chi connectivity index (χ1n) is 5.95. The number of hydrogen-bond acceptors (Lipinski definition) is 4. The number of carbonyl (C=O) groups excluding carboxylic acids is 2. The Morgan fingerprint density at radius 1 is 0.667 bits per heavy atom. The topological polar surface area (TPSA) is 58.9 Å². The van der Waals surface area contributed by atoms with Crippen molar-refractivity contribution >= 4 is 12.2 Å². The van der Waals surface area contributed by atoms with Gasteiger partial charge in [-0.3, -0.25) is 0 Å². The van der Waals surface area contributed by atoms with Crippen LogP contribution in [0.2, 0.25) is 0 Å². The number of isocyanates is 2. The maximum Gasteiger partial charge on any atom is 0.234 e. The minimum atomic E-state index is 0.528. The molecule has 0 atom stereocenters. The van der Waals surface area contributed by atoms with E-state index in [0.29, 0.717) is 13.1 Å². The minimum Gasteiger partial charge on any atom is -0.211 e. The van der Waals surface area contributed by atoms with E-state index in [1.165, 1.54) is 12.2 Å². The molecular formula is C14H16N2O2. The molecule has 0 aliphatic carbocycles. The molecule has 94 valence electrons. The molecule has 0 aliphatic heterocycles. The predicted octanol–water partition coefficient (Wildman–Crippen LogP) is 2.01. The lowest BCUT2D eigenvalue weighted by Gasteiger charge is -1.88. The molecule has 18 heavy (non-hydrogen) atoms. The Kier molecular flexibility index (Phi) is 13.1. The summed E-state index contributed by atoms with van der Waals surface area (Å²) in [5, 5.41) is 0. The molecule has 4 heteroatoms. The summed E-state index contributed by atoms with van der Waals surface area (Å²) in [6, 6.07) is 0. The van der Waals surface area contributed by atoms with Crippen LogP contribution >= 0.6 is 0 Å². The van der Waals surface area contributed by atoms with E-state index in [9.17, 15) is 9.59 Å². The number of hydrogen-bond donors (Lipinski definition) is 0. The van der Waals surface area contributed by atoms with Crippen LogP contribution in [0.25, 0.3) is 0 Å². The number of rotatable bonds is 8. The summed E-state index contributed by atoms with van der Waals surface area (Å²) in [6.07, 6.45) is 8.10. The molecule has 0 N–H and O–H groups in total. The summed E-state index contributed by atoms with van der Waals surface area (Å²) in [4.78, 5) is 26.4. The molecule has 0 heterocycles. The van der Waals surface area contributed by atoms with E-state index < -0.39 is 0 Å². The SMILES string of the molecule is O=C=NCCCCC#CC#CCCCCN=C=O. The summed E-state index contributed by atoms with van der Waals surface area (Å²) in [7, 11) is 0. The van der Waals surface area contributed by atoms with E-state index in [0.717, 1.165) is 38.5 Å². The summed E-state index contributed by atoms with van der Waals surface area (Å²) < 4.78 is 0. The lowest BCUT2D eigenvalue weighted by molar-refractivity contribution is 0.561. The molecule has 0 saturated heterocycles. The lowest BCUT2D eigenvalue weighted by atomic mass is 10.2. The molecule has 0 unspecified atom stereocenters. The molecule has 0 aromatic heterocycles. The zero-order chi connectivity index (χ0) is 13.3. The van der Waals surface area contributed by atoms with E-state index in [1.807, 2.05) is 0 Å². The molecule has 0 aromatic rings. The normalized spacial score (nSPS) is 7.78. The van der Waals surface area contributed by atoms with E-state index in [1.54, 1.807) is 0 Å². The number of aliphatic imine (C=N–C) groups is 2. The molecule has 0 bridgehead atoms. The summed E-state index contributed by atoms with van der Waals surface area (Å²) in [5.41, 5.74) is 0. The van der Waals surface area contributed by atoms with Crippen molar-refractivity contribution in [3.05, 3.63) is 0 Å². The first-order valence-corrected chi connectivity index (χ1v) is 5.95. The quantitative estimate of drug-likeness (QED) is 0.284. The van der Waals surface area contributed by atoms with Crippen LogP contribution in [0, 0.1) is 23.7 Å². The molecule has 0 saturated carbocycles. The van der Waals surface area contributed by atoms with Crippen LogP contribution < -0.4 is 0 Å². The zero-order valence-corrected chi connectivity index (χ0v) is 10.4. The molecule has 0 radical (unpaired) electrons. The molecule has 0 fully saturated rings. The first kappa shape index (κ1) is 15.9. The van der Waals surface area contributed by atoms with Gasteiger partial charge >= 0.3 is 0 Å². The monoisotopic (exact) mass is 244 g/mol. The molecule has 0 rings (SSSR count). The predicted molar refractivity (Wildman–Crippen MR) is 69.2 cm³/mol. The standard InChI is InChI=1S/C14H16N2O2/c17-13-15-11-9-7-5-3-1-2-4-6-8-10-12-16-14-18/h5-12H2. The summed E-state index contributed by atoms with van der Waals surface area (Å²) in [6.45, 7) is 1.06. The Hall–Kier alpha value is -2.12. The van der Waals surface area contributed by atoms with Crippen LogP contribution in [0.1, 0.15) is 38.5 Å². The van der Waals surface area contributed by atoms with Gasteiger partial charge in [-0.1, -0.05) is 11.8 Å². The van der Waals surface area contributed by atoms with Crippen molar-refractivity contribution < 1.29 is 9.59 Å². The summed E-state index contributed by atoms with van der Waals surface area (Å²) >= 11 is 0. The average Bonchev–Trinajstić information content (AvgIpc) is 2.39. The van der Waals surface area contributed by atoms with Crippen LogP contribution in [0.4, 0.5) is 0 Å². The van der Waals surface area contributed by atoms with Gasteiger partial charge in [-0.2, -0.15) is 0 Å². The second-order valence-electron chi connectivity index (χ2n) is 3.46. The van der Waals surface area contributed by atoms with E-state index in [-0.39, 0.29) is 0 Å². The van der Waals surface area contributed by atoms with Gasteiger partial charge in [0.15, 0.2) is 0 Å². The van der Waals surface area contributed by atoms with Crippen LogP contribution in [-0.4, -0.2) is 25.2 Å². The van der Waals surface area contributed by atoms with Crippen molar-refractivity contribution in [2.45, 2.75) is 38.5 Å². The second kappa shape index (κ2) is 14.9. The van der Waals surface area contributed by atoms with E-state index in [2.05, 4.69) is 33.7 Å². The molecule has 0 aromatic carbocycles. The molecule has 0 aliphatic rings. The van der Waals surface area contributed by atoms with Crippen LogP contribution in [0.3, 0.4) is 0 Å². The van der Waals surface area contributed by atoms with Gasteiger partial charge in [-0.15, -0.1) is 0 Å². The highest BCUT2D eigenvalue weighted by Gasteiger charge is 1.84. The Balaban J connectivity index is 3.41. The second-order valence-corrected chi connectivity index (χ2v) is 3.46. The smallest absolute Gasteiger partial charge is 0.211 e. The Bertz CT molecular complexity index is 380. The maximum absolute atomic E-state index is 9.76. The van der Waals surface area contributed by atoms with Gasteiger partial charge in [0.05, 0.1) is 13.1 Å². The average molecular weight is 244 g/mol. The lowest BCUT2D eigenvalue weighted by Crippen LogP contribution is -1.80. The first-order chi connectivity index (χ1) is 8.91. The van der Waals surface area contributed by atoms with Crippen molar-refractivity contribution in [2.75, 3.05) is 13.1 Å². The Morgan fingerprint density at radius 2 is 1.11 bits per heavy atom. The largest absolute Gasteiger partial charge is 0.234 e. The highest BCUT2D eigenvalue weighted by molar-refractivity contribution is 5.33. The third-order valence-electron chi connectivity index (χ3n) is 2.01. The summed E-state index contributed by atoms with van der Waals surface area (Å²) in [5.74, 6) is 11.4. The Labute approximate surface area is 108 Å². The third-order valence-corrected chi connectivity index (χ3v) is 2.01. The van der Waals surface area contributed by atoms with E-state index in [4.69, 9.17) is 0 Å². The van der Waals surface area contributed by atoms with Gasteiger partial charge in [0.2, 0.25) is 12.2 Å². The highest BCUT2D eigenvalue weighted by atomic mass is 16.1. The fourth-order valence-electron chi connectivity index (χ4n) is 1.11. The van der Waals surface area contributed by atoms with Gasteiger partial charge < -0.3 is 0 Å². The number of nitrogens with zero attached hydrogens (tertiary/aromatic N) is 2. The van der Waals surface area contributed by atoms with Crippen molar-refractivity contribution in [3.8, 4) is 23.7 Å². The van der Waals surface area contributed by atoms with Gasteiger partial charge in [-0.05, 0) is 37.5 Å². The van der Waals surface area contributed by atoms with Gasteiger partial charge in [0.1, 0.15) is 0 Å². The minimum absolute atomic E-state index is 0.528. The molecular weight excluding hydrogens is 228 g/mol. The number of unbranched alkanes of at least 4 members (excludes halogenated alkanes) is 4. The molecule has 0 amide bonds. The van der Waals surface area contributed by atoms with Crippen molar-refractivity contribution in [2.24, 2.45) is 9.98 Å². The van der Waals surface area contributed by atoms with Crippen molar-refractivity contribution in [1.29, 1.82) is 0 Å². The highest BCUT2D eigenvalue weighted by Crippen LogP contribution is 1.94. The Morgan fingerprint density at radius 3 is 1.50 bits per heavy atom. The fourth-order valence-corrected chi connectivity index (χ4v) is 1.11. The van der Waals surface area contributed by atoms with Gasteiger partial charge in [0, 0.05) is 12.8 Å². The zero-order valence-electron chi connectivity index (χ0n) is 10.4. The van der Waals surface area contributed by atoms with Crippen molar-refractivity contribution in [3.63, 3.8) is 0 Å². The van der Waals surface area contributed by atoms with E-state index >= 15 is 0 Å². The van der Waals surface area contributed by atoms with Crippen LogP contribution in [-0.2, 0) is 9.59 Å². The fraction of sp³-hybridized carbons (Fsp3) is 0.571. The maximum atomic E-state index is 9.76. The van der Waals surface area contributed by atoms with Crippen LogP contribution in [0.5, 0.6) is 0 Å². The van der Waals surface area contributed by atoms with Gasteiger partial charge in [-0.25, -0.2) is 19.6 Å². The van der Waals surface area contributed by atoms with Gasteiger partial charge in [0.25, 0.3) is 0 Å². The molecule has 0 spiro atoms. The molecule has 4 nitrogen and oxygen atoms in total. The van der Waals surface area contributed by atoms with Crippen LogP contribution in [0.15, 0.2) is 9.98 Å². The van der Waals surface area contributed by atoms with Crippen molar-refractivity contribution in [1.82, 2.24) is 0 Å².